The Hall–Kier alpha value is -1.27. The number of aromatic nitrogens is 1. The van der Waals surface area contributed by atoms with E-state index in [9.17, 15) is 13.2 Å². The summed E-state index contributed by atoms with van der Waals surface area (Å²) in [5.41, 5.74) is 5.31. The topological polar surface area (TPSA) is 38.9 Å². The van der Waals surface area contributed by atoms with Crippen molar-refractivity contribution in [2.75, 3.05) is 5.73 Å². The number of nitrogens with two attached hydrogens (primary N) is 1. The van der Waals surface area contributed by atoms with E-state index in [1.54, 1.807) is 18.4 Å². The minimum absolute atomic E-state index is 0.337. The third-order valence-electron chi connectivity index (χ3n) is 2.04. The summed E-state index contributed by atoms with van der Waals surface area (Å²) in [5, 5.41) is 1.51. The Kier molecular flexibility index (Phi) is 4.59. The third kappa shape index (κ3) is 3.61. The van der Waals surface area contributed by atoms with Crippen molar-refractivity contribution in [2.24, 2.45) is 0 Å². The van der Waals surface area contributed by atoms with Crippen LogP contribution >= 0.6 is 22.9 Å². The Bertz CT molecular complexity index is 515. The highest BCUT2D eigenvalue weighted by molar-refractivity contribution is 7.13. The van der Waals surface area contributed by atoms with Crippen molar-refractivity contribution in [3.05, 3.63) is 40.4 Å². The molecule has 0 unspecified atom stereocenters. The number of nitrogen functional groups attached to an aromatic ring is 1. The van der Waals surface area contributed by atoms with Crippen LogP contribution in [0.3, 0.4) is 0 Å². The molecule has 18 heavy (non-hydrogen) atoms. The van der Waals surface area contributed by atoms with Gasteiger partial charge in [-0.3, -0.25) is 0 Å². The Morgan fingerprint density at radius 2 is 2.17 bits per heavy atom. The van der Waals surface area contributed by atoms with E-state index in [1.807, 2.05) is 0 Å². The maximum absolute atomic E-state index is 12.4. The summed E-state index contributed by atoms with van der Waals surface area (Å²) in [5.74, 6) is 0. The van der Waals surface area contributed by atoms with Crippen LogP contribution in [0.25, 0.3) is 5.57 Å². The fourth-order valence-electron chi connectivity index (χ4n) is 1.08. The zero-order valence-corrected chi connectivity index (χ0v) is 11.0. The molecule has 1 aromatic rings. The van der Waals surface area contributed by atoms with Crippen LogP contribution in [0.1, 0.15) is 12.6 Å². The van der Waals surface area contributed by atoms with Crippen LogP contribution in [-0.4, -0.2) is 11.2 Å². The van der Waals surface area contributed by atoms with E-state index >= 15 is 0 Å². The van der Waals surface area contributed by atoms with E-state index in [2.05, 4.69) is 11.6 Å². The molecule has 0 aliphatic carbocycles. The van der Waals surface area contributed by atoms with Gasteiger partial charge in [-0.15, -0.1) is 11.3 Å². The Balaban J connectivity index is 3.04. The van der Waals surface area contributed by atoms with E-state index in [0.29, 0.717) is 16.4 Å². The number of anilines is 1. The number of alkyl halides is 3. The van der Waals surface area contributed by atoms with Crippen molar-refractivity contribution in [1.29, 1.82) is 0 Å². The molecule has 0 aromatic carbocycles. The van der Waals surface area contributed by atoms with E-state index in [0.717, 1.165) is 0 Å². The van der Waals surface area contributed by atoms with Gasteiger partial charge in [-0.1, -0.05) is 24.3 Å². The molecule has 0 saturated carbocycles. The van der Waals surface area contributed by atoms with Gasteiger partial charge in [0.05, 0.1) is 16.3 Å². The molecule has 0 bridgehead atoms. The lowest BCUT2D eigenvalue weighted by atomic mass is 10.1. The molecule has 7 heteroatoms. The number of hydrogen-bond donors (Lipinski definition) is 1. The van der Waals surface area contributed by atoms with Gasteiger partial charge in [-0.05, 0) is 18.6 Å². The minimum Gasteiger partial charge on any atom is -0.375 e. The highest BCUT2D eigenvalue weighted by Gasteiger charge is 2.33. The van der Waals surface area contributed by atoms with Gasteiger partial charge in [0.2, 0.25) is 0 Å². The first kappa shape index (κ1) is 14.8. The first-order chi connectivity index (χ1) is 8.25. The van der Waals surface area contributed by atoms with Crippen molar-refractivity contribution in [3.8, 4) is 0 Å². The molecule has 2 N–H and O–H groups in total. The average Bonchev–Trinajstić information content (AvgIpc) is 2.69. The summed E-state index contributed by atoms with van der Waals surface area (Å²) in [7, 11) is 0. The number of allylic oxidation sites excluding steroid dienone is 5. The summed E-state index contributed by atoms with van der Waals surface area (Å²) in [6.45, 7) is 4.59. The molecule has 0 fully saturated rings. The molecule has 0 atom stereocenters. The Morgan fingerprint density at radius 3 is 2.56 bits per heavy atom. The van der Waals surface area contributed by atoms with Crippen LogP contribution in [0, 0.1) is 0 Å². The van der Waals surface area contributed by atoms with Gasteiger partial charge in [0.25, 0.3) is 0 Å². The second-order valence-electron chi connectivity index (χ2n) is 3.28. The fourth-order valence-corrected chi connectivity index (χ4v) is 1.88. The van der Waals surface area contributed by atoms with Crippen LogP contribution < -0.4 is 5.73 Å². The van der Waals surface area contributed by atoms with Crippen LogP contribution in [0.2, 0.25) is 0 Å². The van der Waals surface area contributed by atoms with E-state index in [1.165, 1.54) is 17.4 Å². The van der Waals surface area contributed by atoms with Crippen molar-refractivity contribution in [3.63, 3.8) is 0 Å². The summed E-state index contributed by atoms with van der Waals surface area (Å²) in [6.07, 6.45) is -1.78. The molecule has 98 valence electrons. The number of rotatable bonds is 3. The quantitative estimate of drug-likeness (QED) is 0.841. The molecule has 1 aromatic heterocycles. The number of halogens is 4. The lowest BCUT2D eigenvalue weighted by Crippen LogP contribution is -2.10. The van der Waals surface area contributed by atoms with Crippen molar-refractivity contribution < 1.29 is 13.2 Å². The van der Waals surface area contributed by atoms with Gasteiger partial charge in [0.15, 0.2) is 5.13 Å². The SMILES string of the molecule is C=C(/C(Cl)=C\C(=C/C)c1csc(N)n1)C(F)(F)F. The van der Waals surface area contributed by atoms with Crippen LogP contribution in [0.5, 0.6) is 0 Å². The average molecular weight is 295 g/mol. The number of hydrogen-bond acceptors (Lipinski definition) is 3. The normalized spacial score (nSPS) is 13.8. The minimum atomic E-state index is -4.55. The smallest absolute Gasteiger partial charge is 0.375 e. The lowest BCUT2D eigenvalue weighted by Gasteiger charge is -2.09. The molecule has 2 nitrogen and oxygen atoms in total. The summed E-state index contributed by atoms with van der Waals surface area (Å²) in [6, 6.07) is 0. The number of nitrogens with zero attached hydrogens (tertiary/aromatic N) is 1. The molecule has 0 amide bonds. The summed E-state index contributed by atoms with van der Waals surface area (Å²) < 4.78 is 37.1. The zero-order chi connectivity index (χ0) is 13.9. The van der Waals surface area contributed by atoms with E-state index < -0.39 is 16.8 Å². The first-order valence-electron chi connectivity index (χ1n) is 4.77. The van der Waals surface area contributed by atoms with E-state index in [-0.39, 0.29) is 0 Å². The molecule has 1 heterocycles. The molecule has 0 saturated heterocycles. The second-order valence-corrected chi connectivity index (χ2v) is 4.58. The molecule has 0 aliphatic heterocycles. The van der Waals surface area contributed by atoms with Crippen LogP contribution in [-0.2, 0) is 0 Å². The van der Waals surface area contributed by atoms with Crippen molar-refractivity contribution in [1.82, 2.24) is 4.98 Å². The zero-order valence-electron chi connectivity index (χ0n) is 9.38. The predicted molar refractivity (Wildman–Crippen MR) is 69.3 cm³/mol. The van der Waals surface area contributed by atoms with Gasteiger partial charge < -0.3 is 5.73 Å². The molecular formula is C11H10ClF3N2S. The van der Waals surface area contributed by atoms with Gasteiger partial charge in [0, 0.05) is 5.38 Å². The van der Waals surface area contributed by atoms with Crippen LogP contribution in [0.15, 0.2) is 34.7 Å². The summed E-state index contributed by atoms with van der Waals surface area (Å²) >= 11 is 6.79. The van der Waals surface area contributed by atoms with Gasteiger partial charge in [0.1, 0.15) is 0 Å². The highest BCUT2D eigenvalue weighted by Crippen LogP contribution is 2.33. The lowest BCUT2D eigenvalue weighted by molar-refractivity contribution is -0.0882. The van der Waals surface area contributed by atoms with Gasteiger partial charge in [-0.2, -0.15) is 13.2 Å². The molecule has 0 radical (unpaired) electrons. The molecular weight excluding hydrogens is 285 g/mol. The Labute approximate surface area is 111 Å². The summed E-state index contributed by atoms with van der Waals surface area (Å²) in [4.78, 5) is 3.97. The van der Waals surface area contributed by atoms with Gasteiger partial charge >= 0.3 is 6.18 Å². The maximum Gasteiger partial charge on any atom is 0.417 e. The third-order valence-corrected chi connectivity index (χ3v) is 3.05. The monoisotopic (exact) mass is 294 g/mol. The van der Waals surface area contributed by atoms with Crippen LogP contribution in [0.4, 0.5) is 18.3 Å². The van der Waals surface area contributed by atoms with Gasteiger partial charge in [-0.25, -0.2) is 4.98 Å². The standard InChI is InChI=1S/C11H10ClF3N2S/c1-3-7(9-5-18-10(16)17-9)4-8(12)6(2)11(13,14)15/h3-5H,2H2,1H3,(H2,16,17)/b7-3+,8-4+. The van der Waals surface area contributed by atoms with E-state index in [4.69, 9.17) is 17.3 Å². The molecule has 1 rings (SSSR count). The maximum atomic E-state index is 12.4. The van der Waals surface area contributed by atoms with Crippen molar-refractivity contribution >= 4 is 33.6 Å². The predicted octanol–water partition coefficient (Wildman–Crippen LogP) is 4.37. The highest BCUT2D eigenvalue weighted by atomic mass is 35.5. The second kappa shape index (κ2) is 5.58. The first-order valence-corrected chi connectivity index (χ1v) is 6.02. The largest absolute Gasteiger partial charge is 0.417 e. The van der Waals surface area contributed by atoms with Crippen molar-refractivity contribution in [2.45, 2.75) is 13.1 Å². The molecule has 0 aliphatic rings. The molecule has 0 spiro atoms. The fraction of sp³-hybridized carbons (Fsp3) is 0.182. The number of thiazole rings is 1. The Morgan fingerprint density at radius 1 is 1.56 bits per heavy atom.